The summed E-state index contributed by atoms with van der Waals surface area (Å²) in [6, 6.07) is 6.67. The topological polar surface area (TPSA) is 17.8 Å². The minimum atomic E-state index is -2.65. The normalized spacial score (nSPS) is 11.1. The van der Waals surface area contributed by atoms with E-state index in [9.17, 15) is 8.78 Å². The summed E-state index contributed by atoms with van der Waals surface area (Å²) in [6.45, 7) is 0. The maximum atomic E-state index is 13.0. The number of nitrogens with zero attached hydrogens (tertiary/aromatic N) is 2. The number of rotatable bonds is 3. The molecule has 6 heteroatoms. The van der Waals surface area contributed by atoms with Crippen molar-refractivity contribution >= 4 is 23.2 Å². The Kier molecular flexibility index (Phi) is 3.64. The molecule has 0 aliphatic carbocycles. The summed E-state index contributed by atoms with van der Waals surface area (Å²) >= 11 is 11.5. The second-order valence-corrected chi connectivity index (χ2v) is 4.03. The summed E-state index contributed by atoms with van der Waals surface area (Å²) in [5.74, 6) is -0.00980. The molecule has 1 heterocycles. The minimum absolute atomic E-state index is 0.00980. The standard InChI is InChI=1S/C11H8Cl2F2N2/c12-5-7-6-16-17(10(7)11(14)15)9-4-2-1-3-8(9)13/h1-4,6,11H,5H2. The van der Waals surface area contributed by atoms with Gasteiger partial charge in [0.1, 0.15) is 5.69 Å². The van der Waals surface area contributed by atoms with Crippen LogP contribution >= 0.6 is 23.2 Å². The van der Waals surface area contributed by atoms with Gasteiger partial charge in [0.2, 0.25) is 0 Å². The number of benzene rings is 1. The second-order valence-electron chi connectivity index (χ2n) is 3.35. The summed E-state index contributed by atoms with van der Waals surface area (Å²) in [4.78, 5) is 0. The first-order valence-corrected chi connectivity index (χ1v) is 5.72. The molecule has 2 nitrogen and oxygen atoms in total. The van der Waals surface area contributed by atoms with E-state index in [-0.39, 0.29) is 11.6 Å². The van der Waals surface area contributed by atoms with Crippen LogP contribution in [0.15, 0.2) is 30.5 Å². The molecule has 0 saturated heterocycles. The van der Waals surface area contributed by atoms with Gasteiger partial charge in [-0.25, -0.2) is 13.5 Å². The van der Waals surface area contributed by atoms with E-state index < -0.39 is 6.43 Å². The third kappa shape index (κ3) is 2.28. The third-order valence-electron chi connectivity index (χ3n) is 2.32. The van der Waals surface area contributed by atoms with E-state index in [1.807, 2.05) is 0 Å². The van der Waals surface area contributed by atoms with Crippen molar-refractivity contribution in [3.05, 3.63) is 46.7 Å². The Labute approximate surface area is 107 Å². The highest BCUT2D eigenvalue weighted by Gasteiger charge is 2.21. The molecule has 0 aliphatic heterocycles. The number of para-hydroxylation sites is 1. The fraction of sp³-hybridized carbons (Fsp3) is 0.182. The predicted octanol–water partition coefficient (Wildman–Crippen LogP) is 4.20. The van der Waals surface area contributed by atoms with E-state index in [1.54, 1.807) is 24.3 Å². The molecule has 2 aromatic rings. The van der Waals surface area contributed by atoms with Crippen LogP contribution in [0.3, 0.4) is 0 Å². The van der Waals surface area contributed by atoms with Crippen LogP contribution in [0, 0.1) is 0 Å². The van der Waals surface area contributed by atoms with Gasteiger partial charge in [0.25, 0.3) is 6.43 Å². The molecular weight excluding hydrogens is 269 g/mol. The lowest BCUT2D eigenvalue weighted by molar-refractivity contribution is 0.142. The second kappa shape index (κ2) is 5.02. The molecule has 0 radical (unpaired) electrons. The zero-order valence-corrected chi connectivity index (χ0v) is 10.1. The molecule has 0 aliphatic rings. The number of aromatic nitrogens is 2. The molecule has 17 heavy (non-hydrogen) atoms. The molecule has 0 bridgehead atoms. The Morgan fingerprint density at radius 2 is 2.00 bits per heavy atom. The van der Waals surface area contributed by atoms with Crippen LogP contribution in [-0.2, 0) is 5.88 Å². The maximum absolute atomic E-state index is 13.0. The molecule has 2 rings (SSSR count). The van der Waals surface area contributed by atoms with E-state index in [2.05, 4.69) is 5.10 Å². The third-order valence-corrected chi connectivity index (χ3v) is 2.93. The number of halogens is 4. The van der Waals surface area contributed by atoms with Gasteiger partial charge in [-0.1, -0.05) is 23.7 Å². The van der Waals surface area contributed by atoms with Crippen molar-refractivity contribution in [2.75, 3.05) is 0 Å². The van der Waals surface area contributed by atoms with Crippen molar-refractivity contribution in [2.45, 2.75) is 12.3 Å². The summed E-state index contributed by atoms with van der Waals surface area (Å²) in [6.07, 6.45) is -1.32. The zero-order valence-electron chi connectivity index (χ0n) is 8.58. The highest BCUT2D eigenvalue weighted by Crippen LogP contribution is 2.29. The van der Waals surface area contributed by atoms with Crippen LogP contribution < -0.4 is 0 Å². The van der Waals surface area contributed by atoms with Gasteiger partial charge >= 0.3 is 0 Å². The maximum Gasteiger partial charge on any atom is 0.280 e. The Balaban J connectivity index is 2.60. The van der Waals surface area contributed by atoms with Crippen LogP contribution in [0.4, 0.5) is 8.78 Å². The largest absolute Gasteiger partial charge is 0.280 e. The molecule has 0 spiro atoms. The van der Waals surface area contributed by atoms with E-state index in [0.29, 0.717) is 16.3 Å². The molecule has 0 amide bonds. The highest BCUT2D eigenvalue weighted by molar-refractivity contribution is 6.32. The van der Waals surface area contributed by atoms with Gasteiger partial charge in [0.15, 0.2) is 0 Å². The lowest BCUT2D eigenvalue weighted by Gasteiger charge is -2.09. The van der Waals surface area contributed by atoms with Crippen LogP contribution in [0.25, 0.3) is 5.69 Å². The molecule has 1 aromatic carbocycles. The van der Waals surface area contributed by atoms with E-state index in [1.165, 1.54) is 6.20 Å². The van der Waals surface area contributed by atoms with Gasteiger partial charge in [0, 0.05) is 5.56 Å². The van der Waals surface area contributed by atoms with Crippen molar-refractivity contribution in [2.24, 2.45) is 0 Å². The monoisotopic (exact) mass is 276 g/mol. The lowest BCUT2D eigenvalue weighted by atomic mass is 10.2. The summed E-state index contributed by atoms with van der Waals surface area (Å²) in [5.41, 5.74) is 0.510. The predicted molar refractivity (Wildman–Crippen MR) is 63.1 cm³/mol. The zero-order chi connectivity index (χ0) is 12.4. The molecular formula is C11H8Cl2F2N2. The Morgan fingerprint density at radius 1 is 1.29 bits per heavy atom. The number of alkyl halides is 3. The molecule has 0 fully saturated rings. The van der Waals surface area contributed by atoms with Crippen LogP contribution in [0.1, 0.15) is 17.7 Å². The van der Waals surface area contributed by atoms with Crippen LogP contribution in [-0.4, -0.2) is 9.78 Å². The molecule has 0 unspecified atom stereocenters. The molecule has 0 atom stereocenters. The van der Waals surface area contributed by atoms with Gasteiger partial charge in [-0.3, -0.25) is 0 Å². The van der Waals surface area contributed by atoms with Crippen LogP contribution in [0.2, 0.25) is 5.02 Å². The first-order valence-electron chi connectivity index (χ1n) is 4.81. The Hall–Kier alpha value is -1.13. The fourth-order valence-corrected chi connectivity index (χ4v) is 1.96. The fourth-order valence-electron chi connectivity index (χ4n) is 1.54. The SMILES string of the molecule is FC(F)c1c(CCl)cnn1-c1ccccc1Cl. The van der Waals surface area contributed by atoms with Crippen molar-refractivity contribution in [1.82, 2.24) is 9.78 Å². The first-order chi connectivity index (χ1) is 8.15. The summed E-state index contributed by atoms with van der Waals surface area (Å²) < 4.78 is 27.1. The quantitative estimate of drug-likeness (QED) is 0.769. The lowest BCUT2D eigenvalue weighted by Crippen LogP contribution is -2.04. The van der Waals surface area contributed by atoms with Crippen molar-refractivity contribution < 1.29 is 8.78 Å². The van der Waals surface area contributed by atoms with Gasteiger partial charge in [-0.05, 0) is 12.1 Å². The number of hydrogen-bond acceptors (Lipinski definition) is 1. The Bertz CT molecular complexity index is 526. The summed E-state index contributed by atoms with van der Waals surface area (Å²) in [5, 5.41) is 4.27. The highest BCUT2D eigenvalue weighted by atomic mass is 35.5. The van der Waals surface area contributed by atoms with Gasteiger partial charge in [0.05, 0.1) is 22.8 Å². The van der Waals surface area contributed by atoms with Gasteiger partial charge < -0.3 is 0 Å². The van der Waals surface area contributed by atoms with Gasteiger partial charge in [-0.15, -0.1) is 11.6 Å². The van der Waals surface area contributed by atoms with E-state index in [0.717, 1.165) is 4.68 Å². The number of hydrogen-bond donors (Lipinski definition) is 0. The van der Waals surface area contributed by atoms with Crippen molar-refractivity contribution in [3.8, 4) is 5.69 Å². The van der Waals surface area contributed by atoms with Crippen molar-refractivity contribution in [1.29, 1.82) is 0 Å². The van der Waals surface area contributed by atoms with E-state index in [4.69, 9.17) is 23.2 Å². The average molecular weight is 277 g/mol. The molecule has 1 aromatic heterocycles. The van der Waals surface area contributed by atoms with Crippen molar-refractivity contribution in [3.63, 3.8) is 0 Å². The molecule has 0 N–H and O–H groups in total. The average Bonchev–Trinajstić information content (AvgIpc) is 2.73. The summed E-state index contributed by atoms with van der Waals surface area (Å²) in [7, 11) is 0. The Morgan fingerprint density at radius 3 is 2.59 bits per heavy atom. The minimum Gasteiger partial charge on any atom is -0.230 e. The molecule has 0 saturated carbocycles. The molecule has 90 valence electrons. The van der Waals surface area contributed by atoms with Gasteiger partial charge in [-0.2, -0.15) is 5.10 Å². The first kappa shape index (κ1) is 12.3. The van der Waals surface area contributed by atoms with Crippen LogP contribution in [0.5, 0.6) is 0 Å². The van der Waals surface area contributed by atoms with E-state index >= 15 is 0 Å². The smallest absolute Gasteiger partial charge is 0.230 e.